The fourth-order valence-electron chi connectivity index (χ4n) is 2.86. The molecule has 1 N–H and O–H groups in total. The highest BCUT2D eigenvalue weighted by molar-refractivity contribution is 5.81. The van der Waals surface area contributed by atoms with Gasteiger partial charge in [-0.15, -0.1) is 0 Å². The summed E-state index contributed by atoms with van der Waals surface area (Å²) in [4.78, 5) is 8.20. The fraction of sp³-hybridized carbons (Fsp3) is 0.105. The maximum absolute atomic E-state index is 13.5. The molecule has 4 aromatic rings. The normalized spacial score (nSPS) is 11.8. The van der Waals surface area contributed by atoms with E-state index in [0.29, 0.717) is 5.69 Å². The standard InChI is InChI=1S/C19H12F5N5O/c20-18(21)30-12-6-4-11(5-7-12)26-15-10-25-9-13(27-15)16-14-3-1-2-8-29(14)28-17(16)19(22,23)24/h1-10,18H,(H,26,27). The van der Waals surface area contributed by atoms with Crippen molar-refractivity contribution in [3.8, 4) is 17.0 Å². The van der Waals surface area contributed by atoms with Crippen LogP contribution in [0.2, 0.25) is 0 Å². The predicted molar refractivity (Wildman–Crippen MR) is 97.6 cm³/mol. The van der Waals surface area contributed by atoms with Gasteiger partial charge in [0.2, 0.25) is 0 Å². The first kappa shape index (κ1) is 19.6. The summed E-state index contributed by atoms with van der Waals surface area (Å²) in [5.41, 5.74) is -0.608. The van der Waals surface area contributed by atoms with Crippen molar-refractivity contribution in [3.63, 3.8) is 0 Å². The number of pyridine rings is 1. The second kappa shape index (κ2) is 7.58. The van der Waals surface area contributed by atoms with Crippen LogP contribution in [0.15, 0.2) is 61.1 Å². The Morgan fingerprint density at radius 3 is 2.47 bits per heavy atom. The minimum Gasteiger partial charge on any atom is -0.435 e. The van der Waals surface area contributed by atoms with E-state index in [1.807, 2.05) is 0 Å². The van der Waals surface area contributed by atoms with Crippen molar-refractivity contribution in [1.82, 2.24) is 19.6 Å². The molecular formula is C19H12F5N5O. The summed E-state index contributed by atoms with van der Waals surface area (Å²) in [6.45, 7) is -2.94. The number of fused-ring (bicyclic) bond motifs is 1. The maximum Gasteiger partial charge on any atom is 0.435 e. The van der Waals surface area contributed by atoms with Gasteiger partial charge in [-0.05, 0) is 36.4 Å². The molecule has 0 bridgehead atoms. The van der Waals surface area contributed by atoms with Crippen molar-refractivity contribution in [2.24, 2.45) is 0 Å². The molecule has 1 aromatic carbocycles. The highest BCUT2D eigenvalue weighted by Crippen LogP contribution is 2.38. The Hall–Kier alpha value is -3.76. The minimum atomic E-state index is -4.69. The summed E-state index contributed by atoms with van der Waals surface area (Å²) < 4.78 is 70.5. The lowest BCUT2D eigenvalue weighted by Gasteiger charge is -2.10. The molecule has 0 radical (unpaired) electrons. The van der Waals surface area contributed by atoms with Crippen molar-refractivity contribution < 1.29 is 26.7 Å². The summed E-state index contributed by atoms with van der Waals surface area (Å²) in [7, 11) is 0. The summed E-state index contributed by atoms with van der Waals surface area (Å²) in [5.74, 6) is 0.134. The Labute approximate surface area is 166 Å². The van der Waals surface area contributed by atoms with Crippen molar-refractivity contribution in [2.75, 3.05) is 5.32 Å². The molecule has 0 spiro atoms. The lowest BCUT2D eigenvalue weighted by molar-refractivity contribution is -0.140. The number of nitrogens with zero attached hydrogens (tertiary/aromatic N) is 4. The van der Waals surface area contributed by atoms with E-state index in [0.717, 1.165) is 4.52 Å². The highest BCUT2D eigenvalue weighted by Gasteiger charge is 2.39. The Kier molecular flexibility index (Phi) is 4.94. The summed E-state index contributed by atoms with van der Waals surface area (Å²) in [6, 6.07) is 10.2. The third-order valence-electron chi connectivity index (χ3n) is 4.05. The molecule has 11 heteroatoms. The Morgan fingerprint density at radius 2 is 1.77 bits per heavy atom. The molecule has 0 aliphatic rings. The molecule has 6 nitrogen and oxygen atoms in total. The van der Waals surface area contributed by atoms with E-state index in [4.69, 9.17) is 0 Å². The van der Waals surface area contributed by atoms with Crippen LogP contribution in [0.5, 0.6) is 5.75 Å². The van der Waals surface area contributed by atoms with Crippen molar-refractivity contribution in [3.05, 3.63) is 66.7 Å². The van der Waals surface area contributed by atoms with E-state index in [9.17, 15) is 22.0 Å². The fourth-order valence-corrected chi connectivity index (χ4v) is 2.86. The summed E-state index contributed by atoms with van der Waals surface area (Å²) in [6.07, 6.45) is -0.740. The first-order valence-electron chi connectivity index (χ1n) is 8.50. The van der Waals surface area contributed by atoms with E-state index in [2.05, 4.69) is 25.1 Å². The van der Waals surface area contributed by atoms with Gasteiger partial charge in [0.05, 0.1) is 29.2 Å². The lowest BCUT2D eigenvalue weighted by atomic mass is 10.1. The maximum atomic E-state index is 13.5. The second-order valence-corrected chi connectivity index (χ2v) is 6.07. The molecule has 3 aromatic heterocycles. The molecule has 0 saturated heterocycles. The molecule has 4 rings (SSSR count). The van der Waals surface area contributed by atoms with Crippen LogP contribution in [-0.4, -0.2) is 26.2 Å². The number of hydrogen-bond donors (Lipinski definition) is 1. The number of anilines is 2. The van der Waals surface area contributed by atoms with E-state index >= 15 is 0 Å². The minimum absolute atomic E-state index is 0.0221. The zero-order valence-electron chi connectivity index (χ0n) is 14.9. The van der Waals surface area contributed by atoms with E-state index in [1.165, 1.54) is 48.9 Å². The molecule has 0 fully saturated rings. The molecule has 3 heterocycles. The third kappa shape index (κ3) is 4.00. The third-order valence-corrected chi connectivity index (χ3v) is 4.05. The monoisotopic (exact) mass is 421 g/mol. The number of aromatic nitrogens is 4. The SMILES string of the molecule is FC(F)Oc1ccc(Nc2cncc(-c3c(C(F)(F)F)nn4ccccc34)n2)cc1. The molecule has 0 amide bonds. The quantitative estimate of drug-likeness (QED) is 0.452. The number of halogens is 5. The van der Waals surface area contributed by atoms with Gasteiger partial charge < -0.3 is 10.1 Å². The van der Waals surface area contributed by atoms with E-state index in [-0.39, 0.29) is 28.3 Å². The zero-order chi connectivity index (χ0) is 21.3. The predicted octanol–water partition coefficient (Wildman–Crippen LogP) is 5.16. The summed E-state index contributed by atoms with van der Waals surface area (Å²) in [5, 5.41) is 6.50. The lowest BCUT2D eigenvalue weighted by Crippen LogP contribution is -2.08. The molecule has 154 valence electrons. The van der Waals surface area contributed by atoms with Crippen LogP contribution in [0.25, 0.3) is 16.8 Å². The second-order valence-electron chi connectivity index (χ2n) is 6.07. The number of hydrogen-bond acceptors (Lipinski definition) is 5. The summed E-state index contributed by atoms with van der Waals surface area (Å²) >= 11 is 0. The molecule has 0 unspecified atom stereocenters. The van der Waals surface area contributed by atoms with Gasteiger partial charge in [-0.1, -0.05) is 6.07 Å². The van der Waals surface area contributed by atoms with Crippen LogP contribution in [0.3, 0.4) is 0 Å². The average Bonchev–Trinajstić information content (AvgIpc) is 3.10. The molecule has 30 heavy (non-hydrogen) atoms. The van der Waals surface area contributed by atoms with Crippen LogP contribution in [0.1, 0.15) is 5.69 Å². The molecular weight excluding hydrogens is 409 g/mol. The van der Waals surface area contributed by atoms with Gasteiger partial charge in [-0.3, -0.25) is 4.98 Å². The van der Waals surface area contributed by atoms with Gasteiger partial charge in [-0.25, -0.2) is 9.50 Å². The first-order chi connectivity index (χ1) is 14.3. The van der Waals surface area contributed by atoms with E-state index < -0.39 is 18.5 Å². The Balaban J connectivity index is 1.69. The number of rotatable bonds is 5. The van der Waals surface area contributed by atoms with Gasteiger partial charge in [0, 0.05) is 11.9 Å². The van der Waals surface area contributed by atoms with Crippen LogP contribution >= 0.6 is 0 Å². The van der Waals surface area contributed by atoms with Gasteiger partial charge in [0.25, 0.3) is 0 Å². The molecule has 0 aliphatic carbocycles. The average molecular weight is 421 g/mol. The number of alkyl halides is 5. The largest absolute Gasteiger partial charge is 0.435 e. The van der Waals surface area contributed by atoms with Crippen LogP contribution in [0, 0.1) is 0 Å². The smallest absolute Gasteiger partial charge is 0.435 e. The van der Waals surface area contributed by atoms with Gasteiger partial charge in [0.15, 0.2) is 5.69 Å². The van der Waals surface area contributed by atoms with Gasteiger partial charge in [0.1, 0.15) is 11.6 Å². The van der Waals surface area contributed by atoms with Gasteiger partial charge >= 0.3 is 12.8 Å². The molecule has 0 aliphatic heterocycles. The number of nitrogens with one attached hydrogen (secondary N) is 1. The van der Waals surface area contributed by atoms with Gasteiger partial charge in [-0.2, -0.15) is 27.1 Å². The van der Waals surface area contributed by atoms with Crippen molar-refractivity contribution in [1.29, 1.82) is 0 Å². The van der Waals surface area contributed by atoms with E-state index in [1.54, 1.807) is 12.1 Å². The number of ether oxygens (including phenoxy) is 1. The Bertz CT molecular complexity index is 1170. The van der Waals surface area contributed by atoms with Crippen LogP contribution in [0.4, 0.5) is 33.5 Å². The van der Waals surface area contributed by atoms with Crippen LogP contribution in [-0.2, 0) is 6.18 Å². The van der Waals surface area contributed by atoms with Crippen molar-refractivity contribution in [2.45, 2.75) is 12.8 Å². The Morgan fingerprint density at radius 1 is 1.00 bits per heavy atom. The highest BCUT2D eigenvalue weighted by atomic mass is 19.4. The first-order valence-corrected chi connectivity index (χ1v) is 8.50. The number of benzene rings is 1. The molecule has 0 saturated carbocycles. The topological polar surface area (TPSA) is 64.3 Å². The molecule has 0 atom stereocenters. The van der Waals surface area contributed by atoms with Crippen molar-refractivity contribution >= 4 is 17.0 Å². The zero-order valence-corrected chi connectivity index (χ0v) is 14.9. The van der Waals surface area contributed by atoms with Crippen LogP contribution < -0.4 is 10.1 Å².